The van der Waals surface area contributed by atoms with Crippen molar-refractivity contribution in [1.29, 1.82) is 0 Å². The van der Waals surface area contributed by atoms with Gasteiger partial charge in [-0.1, -0.05) is 27.7 Å². The van der Waals surface area contributed by atoms with Crippen molar-refractivity contribution < 1.29 is 4.79 Å². The van der Waals surface area contributed by atoms with E-state index in [1.54, 1.807) is 0 Å². The standard InChI is InChI=1S/C14H28N2O/c1-5-14(6-2,7-3)16-13(17)12-8-11(4)9-15-10-12/h11-12,15H,5-10H2,1-4H3,(H,16,17). The molecule has 1 aliphatic rings. The van der Waals surface area contributed by atoms with Crippen molar-refractivity contribution in [3.8, 4) is 0 Å². The van der Waals surface area contributed by atoms with Gasteiger partial charge in [0.15, 0.2) is 0 Å². The van der Waals surface area contributed by atoms with E-state index in [0.717, 1.165) is 38.8 Å². The van der Waals surface area contributed by atoms with E-state index in [0.29, 0.717) is 5.92 Å². The van der Waals surface area contributed by atoms with Crippen molar-refractivity contribution in [2.45, 2.75) is 58.9 Å². The van der Waals surface area contributed by atoms with Gasteiger partial charge < -0.3 is 10.6 Å². The zero-order valence-electron chi connectivity index (χ0n) is 11.8. The van der Waals surface area contributed by atoms with Gasteiger partial charge in [-0.2, -0.15) is 0 Å². The Morgan fingerprint density at radius 3 is 2.29 bits per heavy atom. The first-order valence-electron chi connectivity index (χ1n) is 7.09. The molecule has 1 amide bonds. The second-order valence-electron chi connectivity index (χ2n) is 5.53. The molecule has 17 heavy (non-hydrogen) atoms. The molecule has 100 valence electrons. The van der Waals surface area contributed by atoms with Crippen LogP contribution in [0.3, 0.4) is 0 Å². The maximum Gasteiger partial charge on any atom is 0.224 e. The molecule has 1 fully saturated rings. The zero-order valence-corrected chi connectivity index (χ0v) is 11.8. The molecule has 0 radical (unpaired) electrons. The highest BCUT2D eigenvalue weighted by Gasteiger charge is 2.31. The lowest BCUT2D eigenvalue weighted by Gasteiger charge is -2.35. The molecule has 0 aliphatic carbocycles. The average Bonchev–Trinajstić information content (AvgIpc) is 2.36. The minimum atomic E-state index is 0.0117. The van der Waals surface area contributed by atoms with E-state index in [1.165, 1.54) is 0 Å². The Labute approximate surface area is 106 Å². The lowest BCUT2D eigenvalue weighted by molar-refractivity contribution is -0.128. The van der Waals surface area contributed by atoms with Gasteiger partial charge in [-0.05, 0) is 38.1 Å². The molecule has 0 saturated carbocycles. The molecule has 2 N–H and O–H groups in total. The summed E-state index contributed by atoms with van der Waals surface area (Å²) in [5, 5.41) is 6.64. The fraction of sp³-hybridized carbons (Fsp3) is 0.929. The van der Waals surface area contributed by atoms with E-state index in [4.69, 9.17) is 0 Å². The number of hydrogen-bond donors (Lipinski definition) is 2. The van der Waals surface area contributed by atoms with Crippen molar-refractivity contribution in [2.24, 2.45) is 11.8 Å². The molecular weight excluding hydrogens is 212 g/mol. The topological polar surface area (TPSA) is 41.1 Å². The summed E-state index contributed by atoms with van der Waals surface area (Å²) in [6, 6.07) is 0. The largest absolute Gasteiger partial charge is 0.350 e. The van der Waals surface area contributed by atoms with Crippen molar-refractivity contribution in [3.63, 3.8) is 0 Å². The summed E-state index contributed by atoms with van der Waals surface area (Å²) in [5.41, 5.74) is 0.0117. The molecular formula is C14H28N2O. The van der Waals surface area contributed by atoms with Crippen molar-refractivity contribution in [3.05, 3.63) is 0 Å². The smallest absolute Gasteiger partial charge is 0.224 e. The van der Waals surface area contributed by atoms with Gasteiger partial charge in [0.25, 0.3) is 0 Å². The van der Waals surface area contributed by atoms with Crippen LogP contribution in [-0.2, 0) is 4.79 Å². The number of piperidine rings is 1. The first kappa shape index (κ1) is 14.5. The number of carbonyl (C=O) groups excluding carboxylic acids is 1. The molecule has 3 heteroatoms. The normalized spacial score (nSPS) is 25.6. The predicted molar refractivity (Wildman–Crippen MR) is 71.9 cm³/mol. The van der Waals surface area contributed by atoms with Crippen LogP contribution in [-0.4, -0.2) is 24.5 Å². The third-order valence-electron chi connectivity index (χ3n) is 4.36. The van der Waals surface area contributed by atoms with E-state index >= 15 is 0 Å². The first-order valence-corrected chi connectivity index (χ1v) is 7.09. The summed E-state index contributed by atoms with van der Waals surface area (Å²) in [6.45, 7) is 10.6. The number of nitrogens with one attached hydrogen (secondary N) is 2. The molecule has 0 aromatic heterocycles. The molecule has 1 aliphatic heterocycles. The second-order valence-corrected chi connectivity index (χ2v) is 5.53. The van der Waals surface area contributed by atoms with Gasteiger partial charge in [0.05, 0.1) is 5.92 Å². The van der Waals surface area contributed by atoms with Gasteiger partial charge in [0.1, 0.15) is 0 Å². The molecule has 2 atom stereocenters. The third-order valence-corrected chi connectivity index (χ3v) is 4.36. The molecule has 3 nitrogen and oxygen atoms in total. The monoisotopic (exact) mass is 240 g/mol. The fourth-order valence-electron chi connectivity index (χ4n) is 2.73. The number of hydrogen-bond acceptors (Lipinski definition) is 2. The van der Waals surface area contributed by atoms with Crippen LogP contribution in [0.4, 0.5) is 0 Å². The first-order chi connectivity index (χ1) is 8.06. The molecule has 1 saturated heterocycles. The van der Waals surface area contributed by atoms with Crippen molar-refractivity contribution in [1.82, 2.24) is 10.6 Å². The Balaban J connectivity index is 2.57. The highest BCUT2D eigenvalue weighted by atomic mass is 16.2. The van der Waals surface area contributed by atoms with E-state index in [1.807, 2.05) is 0 Å². The molecule has 0 aromatic carbocycles. The van der Waals surface area contributed by atoms with Crippen LogP contribution >= 0.6 is 0 Å². The van der Waals surface area contributed by atoms with Gasteiger partial charge in [-0.25, -0.2) is 0 Å². The quantitative estimate of drug-likeness (QED) is 0.774. The highest BCUT2D eigenvalue weighted by Crippen LogP contribution is 2.22. The van der Waals surface area contributed by atoms with Gasteiger partial charge in [0.2, 0.25) is 5.91 Å². The summed E-state index contributed by atoms with van der Waals surface area (Å²) < 4.78 is 0. The van der Waals surface area contributed by atoms with Crippen molar-refractivity contribution >= 4 is 5.91 Å². The van der Waals surface area contributed by atoms with Crippen LogP contribution in [0.1, 0.15) is 53.4 Å². The van der Waals surface area contributed by atoms with Crippen LogP contribution in [0.5, 0.6) is 0 Å². The van der Waals surface area contributed by atoms with E-state index in [9.17, 15) is 4.79 Å². The van der Waals surface area contributed by atoms with Gasteiger partial charge in [-0.15, -0.1) is 0 Å². The van der Waals surface area contributed by atoms with Crippen LogP contribution < -0.4 is 10.6 Å². The van der Waals surface area contributed by atoms with Crippen LogP contribution in [0.25, 0.3) is 0 Å². The summed E-state index contributed by atoms with van der Waals surface area (Å²) in [6.07, 6.45) is 4.07. The number of amides is 1. The lowest BCUT2D eigenvalue weighted by Crippen LogP contribution is -2.52. The average molecular weight is 240 g/mol. The Morgan fingerprint density at radius 1 is 1.24 bits per heavy atom. The Bertz CT molecular complexity index is 240. The maximum absolute atomic E-state index is 12.3. The molecule has 1 heterocycles. The summed E-state index contributed by atoms with van der Waals surface area (Å²) in [4.78, 5) is 12.3. The van der Waals surface area contributed by atoms with Gasteiger partial charge >= 0.3 is 0 Å². The molecule has 2 unspecified atom stereocenters. The summed E-state index contributed by atoms with van der Waals surface area (Å²) >= 11 is 0. The molecule has 0 aromatic rings. The van der Waals surface area contributed by atoms with Crippen molar-refractivity contribution in [2.75, 3.05) is 13.1 Å². The van der Waals surface area contributed by atoms with Crippen LogP contribution in [0, 0.1) is 11.8 Å². The minimum absolute atomic E-state index is 0.0117. The SMILES string of the molecule is CCC(CC)(CC)NC(=O)C1CNCC(C)C1. The van der Waals surface area contributed by atoms with Gasteiger partial charge in [-0.3, -0.25) is 4.79 Å². The summed E-state index contributed by atoms with van der Waals surface area (Å²) in [5.74, 6) is 1.01. The van der Waals surface area contributed by atoms with Crippen LogP contribution in [0.2, 0.25) is 0 Å². The fourth-order valence-corrected chi connectivity index (χ4v) is 2.73. The highest BCUT2D eigenvalue weighted by molar-refractivity contribution is 5.79. The molecule has 0 spiro atoms. The third kappa shape index (κ3) is 3.70. The number of rotatable bonds is 5. The Hall–Kier alpha value is -0.570. The zero-order chi connectivity index (χ0) is 12.9. The van der Waals surface area contributed by atoms with E-state index in [2.05, 4.69) is 38.3 Å². The van der Waals surface area contributed by atoms with E-state index < -0.39 is 0 Å². The number of carbonyl (C=O) groups is 1. The lowest BCUT2D eigenvalue weighted by atomic mass is 9.86. The Morgan fingerprint density at radius 2 is 1.82 bits per heavy atom. The van der Waals surface area contributed by atoms with Crippen LogP contribution in [0.15, 0.2) is 0 Å². The predicted octanol–water partition coefficient (Wildman–Crippen LogP) is 2.32. The maximum atomic E-state index is 12.3. The summed E-state index contributed by atoms with van der Waals surface area (Å²) in [7, 11) is 0. The second kappa shape index (κ2) is 6.39. The minimum Gasteiger partial charge on any atom is -0.350 e. The van der Waals surface area contributed by atoms with E-state index in [-0.39, 0.29) is 17.4 Å². The molecule has 1 rings (SSSR count). The van der Waals surface area contributed by atoms with Gasteiger partial charge in [0, 0.05) is 12.1 Å². The Kier molecular flexibility index (Phi) is 5.44. The molecule has 0 bridgehead atoms.